The molecule has 0 saturated carbocycles. The van der Waals surface area contributed by atoms with Gasteiger partial charge in [0, 0.05) is 44.6 Å². The first-order chi connectivity index (χ1) is 15.7. The quantitative estimate of drug-likeness (QED) is 0.578. The Morgan fingerprint density at radius 1 is 1.03 bits per heavy atom. The second-order valence-electron chi connectivity index (χ2n) is 8.31. The lowest BCUT2D eigenvalue weighted by Crippen LogP contribution is -2.41. The average Bonchev–Trinajstić information content (AvgIpc) is 2.81. The first-order valence-electron chi connectivity index (χ1n) is 11.4. The van der Waals surface area contributed by atoms with Crippen LogP contribution in [0.5, 0.6) is 11.5 Å². The molecule has 1 aliphatic rings. The number of sulfonamides is 1. The Morgan fingerprint density at radius 2 is 1.70 bits per heavy atom. The van der Waals surface area contributed by atoms with E-state index in [1.165, 1.54) is 28.6 Å². The van der Waals surface area contributed by atoms with Crippen molar-refractivity contribution < 1.29 is 22.7 Å². The van der Waals surface area contributed by atoms with Crippen LogP contribution >= 0.6 is 0 Å². The molecule has 1 heterocycles. The number of rotatable bonds is 8. The van der Waals surface area contributed by atoms with Crippen molar-refractivity contribution in [2.75, 3.05) is 33.3 Å². The van der Waals surface area contributed by atoms with E-state index in [4.69, 9.17) is 9.47 Å². The lowest BCUT2D eigenvalue weighted by molar-refractivity contribution is 0.0595. The number of hydrogen-bond donors (Lipinski definition) is 0. The van der Waals surface area contributed by atoms with E-state index in [1.807, 2.05) is 12.1 Å². The fourth-order valence-corrected chi connectivity index (χ4v) is 5.69. The molecule has 0 unspecified atom stereocenters. The van der Waals surface area contributed by atoms with Crippen molar-refractivity contribution in [3.63, 3.8) is 0 Å². The Balaban J connectivity index is 1.72. The Kier molecular flexibility index (Phi) is 8.02. The molecule has 8 heteroatoms. The fourth-order valence-electron chi connectivity index (χ4n) is 4.05. The van der Waals surface area contributed by atoms with Crippen LogP contribution in [0, 0.1) is 13.8 Å². The molecule has 0 radical (unpaired) electrons. The van der Waals surface area contributed by atoms with Crippen LogP contribution in [0.3, 0.4) is 0 Å². The van der Waals surface area contributed by atoms with Gasteiger partial charge in [0.25, 0.3) is 5.91 Å². The maximum atomic E-state index is 13.2. The van der Waals surface area contributed by atoms with Gasteiger partial charge in [-0.05, 0) is 55.3 Å². The van der Waals surface area contributed by atoms with E-state index in [1.54, 1.807) is 30.9 Å². The molecule has 0 spiro atoms. The Bertz CT molecular complexity index is 1090. The third-order valence-electron chi connectivity index (χ3n) is 6.24. The van der Waals surface area contributed by atoms with E-state index in [0.717, 1.165) is 18.6 Å². The molecule has 1 saturated heterocycles. The number of ether oxygens (including phenoxy) is 2. The Labute approximate surface area is 197 Å². The van der Waals surface area contributed by atoms with Gasteiger partial charge in [-0.25, -0.2) is 8.42 Å². The first kappa shape index (κ1) is 25.1. The van der Waals surface area contributed by atoms with Gasteiger partial charge in [0.05, 0.1) is 7.11 Å². The van der Waals surface area contributed by atoms with Gasteiger partial charge < -0.3 is 14.4 Å². The summed E-state index contributed by atoms with van der Waals surface area (Å²) in [5.41, 5.74) is 2.76. The van der Waals surface area contributed by atoms with E-state index in [0.29, 0.717) is 31.7 Å². The van der Waals surface area contributed by atoms with Crippen LogP contribution in [0.2, 0.25) is 0 Å². The van der Waals surface area contributed by atoms with Gasteiger partial charge in [-0.15, -0.1) is 0 Å². The number of piperidine rings is 1. The summed E-state index contributed by atoms with van der Waals surface area (Å²) < 4.78 is 39.0. The molecular formula is C25H34N2O5S. The molecule has 1 aliphatic heterocycles. The molecule has 33 heavy (non-hydrogen) atoms. The zero-order valence-corrected chi connectivity index (χ0v) is 20.9. The number of likely N-dealkylation sites (tertiary alicyclic amines) is 1. The zero-order valence-electron chi connectivity index (χ0n) is 20.1. The lowest BCUT2D eigenvalue weighted by Gasteiger charge is -2.32. The number of hydrogen-bond acceptors (Lipinski definition) is 5. The number of nitrogens with zero attached hydrogens (tertiary/aromatic N) is 2. The van der Waals surface area contributed by atoms with Gasteiger partial charge in [0.15, 0.2) is 0 Å². The highest BCUT2D eigenvalue weighted by Gasteiger charge is 2.29. The number of carbonyl (C=O) groups is 1. The Morgan fingerprint density at radius 3 is 2.27 bits per heavy atom. The number of methoxy groups -OCH3 is 1. The second kappa shape index (κ2) is 10.6. The van der Waals surface area contributed by atoms with E-state index >= 15 is 0 Å². The zero-order chi connectivity index (χ0) is 24.2. The lowest BCUT2D eigenvalue weighted by atomic mass is 10.1. The van der Waals surface area contributed by atoms with Crippen LogP contribution in [-0.2, 0) is 10.0 Å². The Hall–Kier alpha value is -2.58. The highest BCUT2D eigenvalue weighted by atomic mass is 32.2. The summed E-state index contributed by atoms with van der Waals surface area (Å²) in [6.07, 6.45) is 1.49. The predicted molar refractivity (Wildman–Crippen MR) is 129 cm³/mol. The summed E-state index contributed by atoms with van der Waals surface area (Å²) >= 11 is 0. The average molecular weight is 475 g/mol. The molecule has 0 aliphatic carbocycles. The topological polar surface area (TPSA) is 76.2 Å². The van der Waals surface area contributed by atoms with E-state index in [-0.39, 0.29) is 22.7 Å². The largest absolute Gasteiger partial charge is 0.495 e. The molecule has 0 atom stereocenters. The molecule has 3 rings (SSSR count). The van der Waals surface area contributed by atoms with Crippen LogP contribution in [0.15, 0.2) is 41.3 Å². The standard InChI is InChI=1S/C25H34N2O5S/c1-6-27(7-2)33(29,30)24-17-20(9-11-23(24)31-5)25(28)26-14-12-21(13-15-26)32-22-10-8-18(3)19(4)16-22/h8-11,16-17,21H,6-7,12-15H2,1-5H3. The molecule has 1 fully saturated rings. The highest BCUT2D eigenvalue weighted by Crippen LogP contribution is 2.29. The SMILES string of the molecule is CCN(CC)S(=O)(=O)c1cc(C(=O)N2CCC(Oc3ccc(C)c(C)c3)CC2)ccc1OC. The normalized spacial score (nSPS) is 15.0. The smallest absolute Gasteiger partial charge is 0.253 e. The van der Waals surface area contributed by atoms with Crippen LogP contribution in [0.25, 0.3) is 0 Å². The number of amides is 1. The van der Waals surface area contributed by atoms with Crippen molar-refractivity contribution in [3.8, 4) is 11.5 Å². The minimum absolute atomic E-state index is 0.0208. The summed E-state index contributed by atoms with van der Waals surface area (Å²) in [5, 5.41) is 0. The van der Waals surface area contributed by atoms with Crippen LogP contribution in [0.4, 0.5) is 0 Å². The van der Waals surface area contributed by atoms with Gasteiger partial charge in [0.2, 0.25) is 10.0 Å². The van der Waals surface area contributed by atoms with Gasteiger partial charge in [0.1, 0.15) is 22.5 Å². The third kappa shape index (κ3) is 5.50. The summed E-state index contributed by atoms with van der Waals surface area (Å²) in [4.78, 5) is 15.0. The number of carbonyl (C=O) groups excluding carboxylic acids is 1. The number of benzene rings is 2. The second-order valence-corrected chi connectivity index (χ2v) is 10.2. The van der Waals surface area contributed by atoms with E-state index in [2.05, 4.69) is 19.9 Å². The van der Waals surface area contributed by atoms with Gasteiger partial charge in [-0.1, -0.05) is 19.9 Å². The van der Waals surface area contributed by atoms with E-state index in [9.17, 15) is 13.2 Å². The van der Waals surface area contributed by atoms with Crippen LogP contribution in [0.1, 0.15) is 48.2 Å². The monoisotopic (exact) mass is 474 g/mol. The minimum atomic E-state index is -3.76. The summed E-state index contributed by atoms with van der Waals surface area (Å²) in [7, 11) is -2.33. The van der Waals surface area contributed by atoms with Gasteiger partial charge in [-0.2, -0.15) is 4.31 Å². The highest BCUT2D eigenvalue weighted by molar-refractivity contribution is 7.89. The van der Waals surface area contributed by atoms with Crippen LogP contribution in [-0.4, -0.2) is 62.9 Å². The van der Waals surface area contributed by atoms with Gasteiger partial charge >= 0.3 is 0 Å². The fraction of sp³-hybridized carbons (Fsp3) is 0.480. The molecule has 2 aromatic rings. The van der Waals surface area contributed by atoms with Crippen molar-refractivity contribution in [1.29, 1.82) is 0 Å². The van der Waals surface area contributed by atoms with Gasteiger partial charge in [-0.3, -0.25) is 4.79 Å². The molecule has 180 valence electrons. The minimum Gasteiger partial charge on any atom is -0.495 e. The van der Waals surface area contributed by atoms with Crippen LogP contribution < -0.4 is 9.47 Å². The first-order valence-corrected chi connectivity index (χ1v) is 12.9. The predicted octanol–water partition coefficient (Wildman–Crippen LogP) is 4.03. The maximum Gasteiger partial charge on any atom is 0.253 e. The molecule has 0 aromatic heterocycles. The number of aryl methyl sites for hydroxylation is 2. The summed E-state index contributed by atoms with van der Waals surface area (Å²) in [6.45, 7) is 9.49. The molecule has 2 aromatic carbocycles. The van der Waals surface area contributed by atoms with Crippen molar-refractivity contribution in [2.24, 2.45) is 0 Å². The van der Waals surface area contributed by atoms with Crippen molar-refractivity contribution in [3.05, 3.63) is 53.1 Å². The molecule has 0 bridgehead atoms. The van der Waals surface area contributed by atoms with Crippen molar-refractivity contribution in [1.82, 2.24) is 9.21 Å². The molecule has 1 amide bonds. The van der Waals surface area contributed by atoms with E-state index < -0.39 is 10.0 Å². The molecule has 0 N–H and O–H groups in total. The summed E-state index contributed by atoms with van der Waals surface area (Å²) in [6, 6.07) is 10.7. The van der Waals surface area contributed by atoms with Crippen molar-refractivity contribution in [2.45, 2.75) is 51.5 Å². The summed E-state index contributed by atoms with van der Waals surface area (Å²) in [5.74, 6) is 0.904. The van der Waals surface area contributed by atoms with Crippen molar-refractivity contribution >= 4 is 15.9 Å². The third-order valence-corrected chi connectivity index (χ3v) is 8.32. The molecule has 7 nitrogen and oxygen atoms in total. The molecular weight excluding hydrogens is 440 g/mol. The maximum absolute atomic E-state index is 13.2.